The third-order valence-corrected chi connectivity index (χ3v) is 2.69. The quantitative estimate of drug-likeness (QED) is 0.634. The van der Waals surface area contributed by atoms with Gasteiger partial charge in [-0.2, -0.15) is 0 Å². The normalized spacial score (nSPS) is 10.6. The molecule has 1 aromatic carbocycles. The van der Waals surface area contributed by atoms with Gasteiger partial charge in [0.05, 0.1) is 13.2 Å². The summed E-state index contributed by atoms with van der Waals surface area (Å²) in [5.41, 5.74) is 0. The minimum atomic E-state index is 0.547. The highest BCUT2D eigenvalue weighted by atomic mass is 35.5. The number of methoxy groups -OCH3 is 1. The third-order valence-electron chi connectivity index (χ3n) is 2.44. The molecule has 4 nitrogen and oxygen atoms in total. The SMILES string of the molecule is COCCCNCCOCCOc1ccc(Cl)cc1. The van der Waals surface area contributed by atoms with E-state index in [1.165, 1.54) is 0 Å². The number of hydrogen-bond acceptors (Lipinski definition) is 4. The van der Waals surface area contributed by atoms with Gasteiger partial charge < -0.3 is 19.5 Å². The Morgan fingerprint density at radius 3 is 2.53 bits per heavy atom. The van der Waals surface area contributed by atoms with Gasteiger partial charge in [-0.15, -0.1) is 0 Å². The van der Waals surface area contributed by atoms with Crippen LogP contribution < -0.4 is 10.1 Å². The zero-order chi connectivity index (χ0) is 13.8. The lowest BCUT2D eigenvalue weighted by Gasteiger charge is -2.08. The molecule has 19 heavy (non-hydrogen) atoms. The van der Waals surface area contributed by atoms with Gasteiger partial charge in [0.15, 0.2) is 0 Å². The number of halogens is 1. The Hall–Kier alpha value is -0.810. The van der Waals surface area contributed by atoms with Gasteiger partial charge in [-0.1, -0.05) is 11.6 Å². The Morgan fingerprint density at radius 2 is 1.79 bits per heavy atom. The molecule has 0 unspecified atom stereocenters. The van der Waals surface area contributed by atoms with E-state index in [4.69, 9.17) is 25.8 Å². The van der Waals surface area contributed by atoms with Crippen LogP contribution in [0.1, 0.15) is 6.42 Å². The van der Waals surface area contributed by atoms with Crippen molar-refractivity contribution in [1.29, 1.82) is 0 Å². The van der Waals surface area contributed by atoms with Crippen LogP contribution in [0.25, 0.3) is 0 Å². The highest BCUT2D eigenvalue weighted by Gasteiger charge is 1.94. The maximum Gasteiger partial charge on any atom is 0.119 e. The molecular formula is C14H22ClNO3. The van der Waals surface area contributed by atoms with Gasteiger partial charge in [-0.05, 0) is 37.2 Å². The van der Waals surface area contributed by atoms with Gasteiger partial charge in [0, 0.05) is 25.3 Å². The summed E-state index contributed by atoms with van der Waals surface area (Å²) in [5.74, 6) is 0.811. The molecule has 0 spiro atoms. The summed E-state index contributed by atoms with van der Waals surface area (Å²) in [7, 11) is 1.71. The van der Waals surface area contributed by atoms with E-state index < -0.39 is 0 Å². The Labute approximate surface area is 120 Å². The summed E-state index contributed by atoms with van der Waals surface area (Å²) in [6.07, 6.45) is 1.02. The second kappa shape index (κ2) is 11.1. The van der Waals surface area contributed by atoms with Crippen molar-refractivity contribution in [1.82, 2.24) is 5.32 Å². The predicted octanol–water partition coefficient (Wildman–Crippen LogP) is 2.36. The van der Waals surface area contributed by atoms with Crippen molar-refractivity contribution in [2.45, 2.75) is 6.42 Å². The maximum absolute atomic E-state index is 5.78. The van der Waals surface area contributed by atoms with Crippen LogP contribution in [0.4, 0.5) is 0 Å². The van der Waals surface area contributed by atoms with E-state index in [0.29, 0.717) is 24.8 Å². The largest absolute Gasteiger partial charge is 0.491 e. The standard InChI is InChI=1S/C14H22ClNO3/c1-17-9-2-7-16-8-10-18-11-12-19-14-5-3-13(15)4-6-14/h3-6,16H,2,7-12H2,1H3. The van der Waals surface area contributed by atoms with Crippen LogP contribution in [0, 0.1) is 0 Å². The highest BCUT2D eigenvalue weighted by Crippen LogP contribution is 2.15. The molecule has 5 heteroatoms. The molecule has 1 N–H and O–H groups in total. The van der Waals surface area contributed by atoms with Crippen molar-refractivity contribution >= 4 is 11.6 Å². The second-order valence-electron chi connectivity index (χ2n) is 4.01. The molecule has 0 saturated heterocycles. The average Bonchev–Trinajstić information content (AvgIpc) is 2.43. The monoisotopic (exact) mass is 287 g/mol. The second-order valence-corrected chi connectivity index (χ2v) is 4.45. The Bertz CT molecular complexity index is 319. The lowest BCUT2D eigenvalue weighted by Crippen LogP contribution is -2.22. The first-order chi connectivity index (χ1) is 9.33. The van der Waals surface area contributed by atoms with Gasteiger partial charge in [0.25, 0.3) is 0 Å². The minimum absolute atomic E-state index is 0.547. The fourth-order valence-corrected chi connectivity index (χ4v) is 1.59. The van der Waals surface area contributed by atoms with Crippen molar-refractivity contribution in [3.63, 3.8) is 0 Å². The van der Waals surface area contributed by atoms with Gasteiger partial charge >= 0.3 is 0 Å². The van der Waals surface area contributed by atoms with Crippen molar-refractivity contribution in [3.05, 3.63) is 29.3 Å². The topological polar surface area (TPSA) is 39.7 Å². The van der Waals surface area contributed by atoms with Gasteiger partial charge in [0.1, 0.15) is 12.4 Å². The first-order valence-corrected chi connectivity index (χ1v) is 6.86. The van der Waals surface area contributed by atoms with Gasteiger partial charge in [-0.25, -0.2) is 0 Å². The van der Waals surface area contributed by atoms with Crippen LogP contribution in [0.3, 0.4) is 0 Å². The summed E-state index contributed by atoms with van der Waals surface area (Å²) in [6, 6.07) is 7.31. The number of benzene rings is 1. The lowest BCUT2D eigenvalue weighted by atomic mass is 10.3. The summed E-state index contributed by atoms with van der Waals surface area (Å²) in [4.78, 5) is 0. The first-order valence-electron chi connectivity index (χ1n) is 6.48. The number of nitrogens with one attached hydrogen (secondary N) is 1. The van der Waals surface area contributed by atoms with Crippen LogP contribution in [0.2, 0.25) is 5.02 Å². The summed E-state index contributed by atoms with van der Waals surface area (Å²) < 4.78 is 15.9. The smallest absolute Gasteiger partial charge is 0.119 e. The molecule has 108 valence electrons. The van der Waals surface area contributed by atoms with Crippen LogP contribution in [-0.2, 0) is 9.47 Å². The molecule has 0 heterocycles. The highest BCUT2D eigenvalue weighted by molar-refractivity contribution is 6.30. The molecule has 0 fully saturated rings. The molecule has 0 aliphatic carbocycles. The van der Waals surface area contributed by atoms with Crippen LogP contribution in [0.15, 0.2) is 24.3 Å². The van der Waals surface area contributed by atoms with E-state index in [2.05, 4.69) is 5.32 Å². The van der Waals surface area contributed by atoms with Crippen molar-refractivity contribution in [2.24, 2.45) is 0 Å². The number of rotatable bonds is 11. The van der Waals surface area contributed by atoms with E-state index in [-0.39, 0.29) is 0 Å². The van der Waals surface area contributed by atoms with Gasteiger partial charge in [-0.3, -0.25) is 0 Å². The van der Waals surface area contributed by atoms with E-state index in [9.17, 15) is 0 Å². The molecule has 0 atom stereocenters. The zero-order valence-electron chi connectivity index (χ0n) is 11.4. The van der Waals surface area contributed by atoms with Crippen LogP contribution in [0.5, 0.6) is 5.75 Å². The molecule has 0 aromatic heterocycles. The van der Waals surface area contributed by atoms with E-state index in [1.807, 2.05) is 24.3 Å². The lowest BCUT2D eigenvalue weighted by molar-refractivity contribution is 0.101. The molecular weight excluding hydrogens is 266 g/mol. The van der Waals surface area contributed by atoms with Gasteiger partial charge in [0.2, 0.25) is 0 Å². The fraction of sp³-hybridized carbons (Fsp3) is 0.571. The fourth-order valence-electron chi connectivity index (χ4n) is 1.46. The Kier molecular flexibility index (Phi) is 9.45. The summed E-state index contributed by atoms with van der Waals surface area (Å²) in [6.45, 7) is 4.43. The molecule has 0 saturated carbocycles. The molecule has 0 aliphatic heterocycles. The Morgan fingerprint density at radius 1 is 1.00 bits per heavy atom. The molecule has 0 radical (unpaired) electrons. The van der Waals surface area contributed by atoms with Crippen LogP contribution >= 0.6 is 11.6 Å². The molecule has 0 bridgehead atoms. The molecule has 0 amide bonds. The van der Waals surface area contributed by atoms with Crippen molar-refractivity contribution in [3.8, 4) is 5.75 Å². The zero-order valence-corrected chi connectivity index (χ0v) is 12.1. The van der Waals surface area contributed by atoms with Crippen molar-refractivity contribution < 1.29 is 14.2 Å². The van der Waals surface area contributed by atoms with Crippen molar-refractivity contribution in [2.75, 3.05) is 46.6 Å². The Balaban J connectivity index is 1.87. The van der Waals surface area contributed by atoms with E-state index >= 15 is 0 Å². The van der Waals surface area contributed by atoms with E-state index in [0.717, 1.165) is 31.9 Å². The molecule has 1 aromatic rings. The predicted molar refractivity (Wildman–Crippen MR) is 77.1 cm³/mol. The summed E-state index contributed by atoms with van der Waals surface area (Å²) in [5, 5.41) is 3.99. The molecule has 0 aliphatic rings. The maximum atomic E-state index is 5.78. The number of hydrogen-bond donors (Lipinski definition) is 1. The van der Waals surface area contributed by atoms with E-state index in [1.54, 1.807) is 7.11 Å². The number of ether oxygens (including phenoxy) is 3. The first kappa shape index (κ1) is 16.2. The third kappa shape index (κ3) is 8.83. The molecule has 1 rings (SSSR count). The summed E-state index contributed by atoms with van der Waals surface area (Å²) >= 11 is 5.78. The minimum Gasteiger partial charge on any atom is -0.491 e. The van der Waals surface area contributed by atoms with Crippen LogP contribution in [-0.4, -0.2) is 46.6 Å². The average molecular weight is 288 g/mol.